The molecule has 18 heavy (non-hydrogen) atoms. The highest BCUT2D eigenvalue weighted by molar-refractivity contribution is 5.84. The van der Waals surface area contributed by atoms with Crippen LogP contribution in [0.25, 0.3) is 0 Å². The first kappa shape index (κ1) is 13.3. The molecule has 1 N–H and O–H groups in total. The summed E-state index contributed by atoms with van der Waals surface area (Å²) in [6.45, 7) is 5.45. The highest BCUT2D eigenvalue weighted by atomic mass is 16.2. The lowest BCUT2D eigenvalue weighted by Gasteiger charge is -2.27. The molecule has 1 saturated carbocycles. The Bertz CT molecular complexity index is 341. The average Bonchev–Trinajstić information content (AvgIpc) is 2.95. The lowest BCUT2D eigenvalue weighted by molar-refractivity contribution is -0.125. The molecule has 4 heteroatoms. The van der Waals surface area contributed by atoms with E-state index >= 15 is 0 Å². The second-order valence-electron chi connectivity index (χ2n) is 5.24. The lowest BCUT2D eigenvalue weighted by Crippen LogP contribution is -2.43. The first-order valence-electron chi connectivity index (χ1n) is 6.86. The van der Waals surface area contributed by atoms with Gasteiger partial charge in [0.15, 0.2) is 0 Å². The van der Waals surface area contributed by atoms with Crippen LogP contribution in [-0.4, -0.2) is 42.3 Å². The van der Waals surface area contributed by atoms with Gasteiger partial charge in [0.25, 0.3) is 0 Å². The quantitative estimate of drug-likeness (QED) is 0.744. The van der Waals surface area contributed by atoms with Crippen molar-refractivity contribution >= 4 is 11.7 Å². The topological polar surface area (TPSA) is 49.4 Å². The van der Waals surface area contributed by atoms with E-state index in [0.717, 1.165) is 38.6 Å². The summed E-state index contributed by atoms with van der Waals surface area (Å²) in [4.78, 5) is 25.7. The van der Waals surface area contributed by atoms with Crippen molar-refractivity contribution in [3.05, 3.63) is 12.7 Å². The smallest absolute Gasteiger partial charge is 0.234 e. The number of nitrogens with zero attached hydrogens (tertiary/aromatic N) is 1. The van der Waals surface area contributed by atoms with E-state index in [1.165, 1.54) is 0 Å². The number of rotatable bonds is 5. The summed E-state index contributed by atoms with van der Waals surface area (Å²) in [6.07, 6.45) is 6.61. The van der Waals surface area contributed by atoms with Crippen LogP contribution in [0.2, 0.25) is 0 Å². The first-order valence-corrected chi connectivity index (χ1v) is 6.86. The van der Waals surface area contributed by atoms with E-state index in [0.29, 0.717) is 24.9 Å². The van der Waals surface area contributed by atoms with Crippen molar-refractivity contribution in [3.8, 4) is 0 Å². The summed E-state index contributed by atoms with van der Waals surface area (Å²) in [7, 11) is 0. The molecule has 2 fully saturated rings. The number of carbonyl (C=O) groups excluding carboxylic acids is 2. The molecular weight excluding hydrogens is 228 g/mol. The fourth-order valence-corrected chi connectivity index (χ4v) is 3.18. The second kappa shape index (κ2) is 6.14. The van der Waals surface area contributed by atoms with Crippen molar-refractivity contribution in [2.24, 2.45) is 5.92 Å². The lowest BCUT2D eigenvalue weighted by atomic mass is 9.95. The molecule has 2 atom stereocenters. The number of nitrogens with one attached hydrogen (secondary N) is 1. The Balaban J connectivity index is 1.89. The zero-order valence-corrected chi connectivity index (χ0v) is 10.9. The standard InChI is InChI=1S/C14H22N2O2/c1-2-8-15-14(18)10-16-9-4-6-12(16)11-5-3-7-13(11)17/h2,11-12H,1,3-10H2,(H,15,18). The van der Waals surface area contributed by atoms with Crippen LogP contribution in [-0.2, 0) is 9.59 Å². The summed E-state index contributed by atoms with van der Waals surface area (Å²) in [5, 5.41) is 2.80. The van der Waals surface area contributed by atoms with Crippen molar-refractivity contribution in [2.45, 2.75) is 38.1 Å². The summed E-state index contributed by atoms with van der Waals surface area (Å²) in [5.41, 5.74) is 0. The van der Waals surface area contributed by atoms with Gasteiger partial charge in [0.1, 0.15) is 5.78 Å². The van der Waals surface area contributed by atoms with Crippen LogP contribution >= 0.6 is 0 Å². The van der Waals surface area contributed by atoms with Crippen molar-refractivity contribution < 1.29 is 9.59 Å². The predicted molar refractivity (Wildman–Crippen MR) is 70.1 cm³/mol. The number of carbonyl (C=O) groups is 2. The summed E-state index contributed by atoms with van der Waals surface area (Å²) in [6, 6.07) is 0.300. The normalized spacial score (nSPS) is 28.6. The molecule has 0 aromatic heterocycles. The fraction of sp³-hybridized carbons (Fsp3) is 0.714. The highest BCUT2D eigenvalue weighted by Crippen LogP contribution is 2.32. The number of hydrogen-bond donors (Lipinski definition) is 1. The molecule has 1 aliphatic heterocycles. The Morgan fingerprint density at radius 3 is 2.94 bits per heavy atom. The zero-order chi connectivity index (χ0) is 13.0. The van der Waals surface area contributed by atoms with Gasteiger partial charge in [-0.25, -0.2) is 0 Å². The van der Waals surface area contributed by atoms with Crippen molar-refractivity contribution in [2.75, 3.05) is 19.6 Å². The van der Waals surface area contributed by atoms with Gasteiger partial charge < -0.3 is 5.32 Å². The molecule has 1 amide bonds. The monoisotopic (exact) mass is 250 g/mol. The van der Waals surface area contributed by atoms with Crippen LogP contribution < -0.4 is 5.32 Å². The summed E-state index contributed by atoms with van der Waals surface area (Å²) >= 11 is 0. The Morgan fingerprint density at radius 1 is 1.44 bits per heavy atom. The maximum atomic E-state index is 11.8. The van der Waals surface area contributed by atoms with Gasteiger partial charge in [-0.1, -0.05) is 6.08 Å². The zero-order valence-electron chi connectivity index (χ0n) is 10.9. The van der Waals surface area contributed by atoms with E-state index in [-0.39, 0.29) is 11.8 Å². The number of hydrogen-bond acceptors (Lipinski definition) is 3. The summed E-state index contributed by atoms with van der Waals surface area (Å²) < 4.78 is 0. The number of likely N-dealkylation sites (tertiary alicyclic amines) is 1. The van der Waals surface area contributed by atoms with E-state index in [1.807, 2.05) is 0 Å². The van der Waals surface area contributed by atoms with Gasteiger partial charge >= 0.3 is 0 Å². The Hall–Kier alpha value is -1.16. The van der Waals surface area contributed by atoms with Gasteiger partial charge in [-0.15, -0.1) is 6.58 Å². The van der Waals surface area contributed by atoms with Gasteiger partial charge in [0, 0.05) is 24.9 Å². The molecule has 2 unspecified atom stereocenters. The van der Waals surface area contributed by atoms with Crippen LogP contribution in [0.1, 0.15) is 32.1 Å². The number of amides is 1. The third-order valence-corrected chi connectivity index (χ3v) is 4.02. The molecule has 2 rings (SSSR count). The Labute approximate surface area is 108 Å². The van der Waals surface area contributed by atoms with E-state index < -0.39 is 0 Å². The van der Waals surface area contributed by atoms with Crippen LogP contribution in [0.5, 0.6) is 0 Å². The molecule has 100 valence electrons. The van der Waals surface area contributed by atoms with Crippen LogP contribution in [0, 0.1) is 5.92 Å². The number of Topliss-reactive ketones (excluding diaryl/α,β-unsaturated/α-hetero) is 1. The molecule has 0 spiro atoms. The molecule has 1 heterocycles. The maximum Gasteiger partial charge on any atom is 0.234 e. The average molecular weight is 250 g/mol. The van der Waals surface area contributed by atoms with E-state index in [1.54, 1.807) is 6.08 Å². The minimum Gasteiger partial charge on any atom is -0.352 e. The fourth-order valence-electron chi connectivity index (χ4n) is 3.18. The minimum atomic E-state index is 0.0345. The Kier molecular flexibility index (Phi) is 4.53. The highest BCUT2D eigenvalue weighted by Gasteiger charge is 2.38. The first-order chi connectivity index (χ1) is 8.72. The SMILES string of the molecule is C=CCNC(=O)CN1CCCC1C1CCCC1=O. The maximum absolute atomic E-state index is 11.8. The molecular formula is C14H22N2O2. The minimum absolute atomic E-state index is 0.0345. The van der Waals surface area contributed by atoms with Crippen LogP contribution in [0.4, 0.5) is 0 Å². The Morgan fingerprint density at radius 2 is 2.28 bits per heavy atom. The second-order valence-corrected chi connectivity index (χ2v) is 5.24. The van der Waals surface area contributed by atoms with Crippen molar-refractivity contribution in [1.29, 1.82) is 0 Å². The molecule has 0 aromatic rings. The molecule has 0 bridgehead atoms. The molecule has 4 nitrogen and oxygen atoms in total. The molecule has 1 saturated heterocycles. The van der Waals surface area contributed by atoms with Gasteiger partial charge in [-0.2, -0.15) is 0 Å². The van der Waals surface area contributed by atoms with Gasteiger partial charge in [0.2, 0.25) is 5.91 Å². The predicted octanol–water partition coefficient (Wildman–Crippen LogP) is 1.12. The van der Waals surface area contributed by atoms with Crippen molar-refractivity contribution in [3.63, 3.8) is 0 Å². The molecule has 2 aliphatic rings. The van der Waals surface area contributed by atoms with E-state index in [2.05, 4.69) is 16.8 Å². The molecule has 1 aliphatic carbocycles. The third kappa shape index (κ3) is 2.99. The van der Waals surface area contributed by atoms with Crippen LogP contribution in [0.3, 0.4) is 0 Å². The number of ketones is 1. The van der Waals surface area contributed by atoms with Crippen molar-refractivity contribution in [1.82, 2.24) is 10.2 Å². The molecule has 0 aromatic carbocycles. The van der Waals surface area contributed by atoms with Crippen LogP contribution in [0.15, 0.2) is 12.7 Å². The van der Waals surface area contributed by atoms with E-state index in [9.17, 15) is 9.59 Å². The third-order valence-electron chi connectivity index (χ3n) is 4.02. The van der Waals surface area contributed by atoms with Gasteiger partial charge in [-0.05, 0) is 32.2 Å². The van der Waals surface area contributed by atoms with Gasteiger partial charge in [0.05, 0.1) is 6.54 Å². The molecule has 0 radical (unpaired) electrons. The van der Waals surface area contributed by atoms with Gasteiger partial charge in [-0.3, -0.25) is 14.5 Å². The summed E-state index contributed by atoms with van der Waals surface area (Å²) in [5.74, 6) is 0.616. The largest absolute Gasteiger partial charge is 0.352 e. The van der Waals surface area contributed by atoms with E-state index in [4.69, 9.17) is 0 Å².